The highest BCUT2D eigenvalue weighted by Gasteiger charge is 1.77. The summed E-state index contributed by atoms with van der Waals surface area (Å²) in [6, 6.07) is 0. The Hall–Kier alpha value is 0.810. The first-order valence-electron chi connectivity index (χ1n) is 1.11. The lowest BCUT2D eigenvalue weighted by Gasteiger charge is -1.81. The third-order valence-corrected chi connectivity index (χ3v) is 2.31. The summed E-state index contributed by atoms with van der Waals surface area (Å²) in [6.45, 7) is 0. The van der Waals surface area contributed by atoms with Gasteiger partial charge in [0.2, 0.25) is 0 Å². The molecule has 0 saturated carbocycles. The van der Waals surface area contributed by atoms with Gasteiger partial charge in [0.05, 0.1) is 12.4 Å². The zero-order valence-electron chi connectivity index (χ0n) is 3.08. The van der Waals surface area contributed by atoms with Crippen LogP contribution in [-0.4, -0.2) is 6.26 Å². The molecule has 0 aromatic rings. The lowest BCUT2D eigenvalue weighted by Crippen LogP contribution is -1.79. The maximum atomic E-state index is 4.61. The van der Waals surface area contributed by atoms with E-state index in [9.17, 15) is 0 Å². The summed E-state index contributed by atoms with van der Waals surface area (Å²) in [6.07, 6.45) is 1.69. The first-order chi connectivity index (χ1) is 2.56. The Morgan fingerprint density at radius 2 is 1.67 bits per heavy atom. The fourth-order valence-corrected chi connectivity index (χ4v) is 0. The maximum Gasteiger partial charge on any atom is 0.0500 e. The van der Waals surface area contributed by atoms with Crippen molar-refractivity contribution in [2.24, 2.45) is 3.77 Å². The molecule has 0 aliphatic rings. The summed E-state index contributed by atoms with van der Waals surface area (Å²) in [5.74, 6) is 0. The fraction of sp³-hybridized carbons (Fsp3) is 1.00. The summed E-state index contributed by atoms with van der Waals surface area (Å²) >= 11 is 13.5. The zero-order valence-corrected chi connectivity index (χ0v) is 6.35. The molecule has 0 aliphatic carbocycles. The smallest absolute Gasteiger partial charge is 0.0500 e. The molecular weight excluding hydrogens is 154 g/mol. The van der Waals surface area contributed by atoms with Crippen molar-refractivity contribution in [3.63, 3.8) is 0 Å². The lowest BCUT2D eigenvalue weighted by molar-refractivity contribution is 2.06. The molecule has 0 atom stereocenters. The number of hydrogen-bond donors (Lipinski definition) is 0. The van der Waals surface area contributed by atoms with E-state index in [0.717, 1.165) is 0 Å². The molecule has 0 rings (SSSR count). The van der Waals surface area contributed by atoms with E-state index in [1.807, 2.05) is 0 Å². The summed E-state index contributed by atoms with van der Waals surface area (Å²) < 4.78 is 3.32. The molecule has 0 fully saturated rings. The lowest BCUT2D eigenvalue weighted by atomic mass is 12.0. The van der Waals surface area contributed by atoms with Crippen LogP contribution in [0.4, 0.5) is 0 Å². The average molecular weight is 157 g/mol. The van der Waals surface area contributed by atoms with E-state index in [1.165, 1.54) is 0 Å². The predicted molar refractivity (Wildman–Crippen MR) is 37.8 cm³/mol. The molecule has 0 spiro atoms. The van der Waals surface area contributed by atoms with Gasteiger partial charge in [-0.3, -0.25) is 0 Å². The Morgan fingerprint density at radius 1 is 1.50 bits per heavy atom. The quantitative estimate of drug-likeness (QED) is 0.544. The molecule has 6 heavy (non-hydrogen) atoms. The van der Waals surface area contributed by atoms with Gasteiger partial charge in [-0.1, -0.05) is 0 Å². The topological polar surface area (TPSA) is 12.4 Å². The van der Waals surface area contributed by atoms with E-state index in [2.05, 4.69) is 38.6 Å². The molecule has 0 unspecified atom stereocenters. The van der Waals surface area contributed by atoms with Gasteiger partial charge in [-0.15, -0.1) is 3.77 Å². The van der Waals surface area contributed by atoms with Crippen molar-refractivity contribution in [2.75, 3.05) is 6.26 Å². The second-order valence-corrected chi connectivity index (χ2v) is 7.40. The highest BCUT2D eigenvalue weighted by Crippen LogP contribution is 1.80. The predicted octanol–water partition coefficient (Wildman–Crippen LogP) is 0.339. The van der Waals surface area contributed by atoms with Crippen LogP contribution in [-0.2, 0) is 42.1 Å². The van der Waals surface area contributed by atoms with Gasteiger partial charge in [0, 0.05) is 13.6 Å². The summed E-state index contributed by atoms with van der Waals surface area (Å²) in [7, 11) is -1.56. The van der Waals surface area contributed by atoms with Crippen LogP contribution < -0.4 is 0 Å². The molecule has 0 radical (unpaired) electrons. The second kappa shape index (κ2) is 2.20. The molecule has 36 valence electrons. The van der Waals surface area contributed by atoms with Crippen molar-refractivity contribution in [3.05, 3.63) is 0 Å². The molecular formula is CH3NS4. The van der Waals surface area contributed by atoms with E-state index in [4.69, 9.17) is 0 Å². The van der Waals surface area contributed by atoms with Gasteiger partial charge >= 0.3 is 0 Å². The molecule has 0 saturated heterocycles. The van der Waals surface area contributed by atoms with Gasteiger partial charge in [-0.2, -0.15) is 0 Å². The van der Waals surface area contributed by atoms with Crippen molar-refractivity contribution in [2.45, 2.75) is 0 Å². The first kappa shape index (κ1) is 6.81. The summed E-state index contributed by atoms with van der Waals surface area (Å²) in [4.78, 5) is 0. The Labute approximate surface area is 52.2 Å². The van der Waals surface area contributed by atoms with Crippen molar-refractivity contribution in [1.82, 2.24) is 0 Å². The largest absolute Gasteiger partial charge is 0.142 e. The monoisotopic (exact) mass is 157 g/mol. The third kappa shape index (κ3) is 4.81. The Bertz CT molecular complexity index is 118. The minimum atomic E-state index is -1.56. The second-order valence-electron chi connectivity index (χ2n) is 0.808. The zero-order chi connectivity index (χ0) is 5.21. The van der Waals surface area contributed by atoms with Gasteiger partial charge in [0.1, 0.15) is 0 Å². The van der Waals surface area contributed by atoms with E-state index >= 15 is 0 Å². The van der Waals surface area contributed by atoms with Crippen LogP contribution in [0.5, 0.6) is 0 Å². The number of hydrogen-bond acceptors (Lipinski definition) is 3. The first-order valence-corrected chi connectivity index (χ1v) is 5.32. The van der Waals surface area contributed by atoms with E-state index in [0.29, 0.717) is 0 Å². The normalized spacial score (nSPS) is 10.8. The molecule has 0 aromatic carbocycles. The van der Waals surface area contributed by atoms with Crippen molar-refractivity contribution >= 4 is 42.1 Å². The van der Waals surface area contributed by atoms with Crippen LogP contribution in [0.25, 0.3) is 0 Å². The Morgan fingerprint density at radius 3 is 1.67 bits per heavy atom. The van der Waals surface area contributed by atoms with Gasteiger partial charge < -0.3 is 0 Å². The minimum absolute atomic E-state index is 1.56. The van der Waals surface area contributed by atoms with Crippen molar-refractivity contribution < 1.29 is 0 Å². The highest BCUT2D eigenvalue weighted by molar-refractivity contribution is 8.56. The fourth-order valence-electron chi connectivity index (χ4n) is 0. The minimum Gasteiger partial charge on any atom is -0.142 e. The van der Waals surface area contributed by atoms with E-state index < -0.39 is 7.33 Å². The summed E-state index contributed by atoms with van der Waals surface area (Å²) in [5, 5.41) is 0. The molecule has 5 heteroatoms. The van der Waals surface area contributed by atoms with Gasteiger partial charge in [-0.25, -0.2) is 0 Å². The maximum absolute atomic E-state index is 4.61. The third-order valence-electron chi connectivity index (χ3n) is 0.135. The van der Waals surface area contributed by atoms with E-state index in [-0.39, 0.29) is 0 Å². The van der Waals surface area contributed by atoms with Gasteiger partial charge in [0.25, 0.3) is 0 Å². The Balaban J connectivity index is 4.25. The van der Waals surface area contributed by atoms with Gasteiger partial charge in [0.15, 0.2) is 0 Å². The van der Waals surface area contributed by atoms with Crippen LogP contribution in [0.3, 0.4) is 0 Å². The van der Waals surface area contributed by atoms with Crippen molar-refractivity contribution in [3.8, 4) is 0 Å². The van der Waals surface area contributed by atoms with Crippen LogP contribution >= 0.6 is 0 Å². The SMILES string of the molecule is CS(=S)(=S)N=S. The number of nitrogens with zero attached hydrogens (tertiary/aromatic N) is 1. The number of rotatable bonds is 1. The standard InChI is InChI=1S/CH3NS4/c1-6(4,5)2-3/h1H3. The van der Waals surface area contributed by atoms with Crippen LogP contribution in [0, 0.1) is 0 Å². The highest BCUT2D eigenvalue weighted by atomic mass is 33.1. The molecule has 1 nitrogen and oxygen atoms in total. The molecule has 0 aromatic heterocycles. The Kier molecular flexibility index (Phi) is 2.50. The average Bonchev–Trinajstić information content (AvgIpc) is 1.35. The van der Waals surface area contributed by atoms with Crippen molar-refractivity contribution in [1.29, 1.82) is 0 Å². The summed E-state index contributed by atoms with van der Waals surface area (Å²) in [5.41, 5.74) is 0. The molecule has 0 aliphatic heterocycles. The van der Waals surface area contributed by atoms with Crippen LogP contribution in [0.1, 0.15) is 0 Å². The molecule has 0 N–H and O–H groups in total. The molecule has 0 heterocycles. The van der Waals surface area contributed by atoms with Crippen LogP contribution in [0.2, 0.25) is 0 Å². The molecule has 0 amide bonds. The molecule has 0 bridgehead atoms. The van der Waals surface area contributed by atoms with Crippen LogP contribution in [0.15, 0.2) is 3.77 Å². The van der Waals surface area contributed by atoms with E-state index in [1.54, 1.807) is 6.26 Å². The van der Waals surface area contributed by atoms with Gasteiger partial charge in [-0.05, 0) is 22.4 Å².